The summed E-state index contributed by atoms with van der Waals surface area (Å²) in [5.74, 6) is -0.869. The SMILES string of the molecule is CN(C)CCNC(=O)COc1cc(N2CCN(CCNc3nc(N)n4nc(-c5ccco5)cc4n3)CC2)c(F)cc1F. The number of hydrogen-bond donors (Lipinski definition) is 3. The molecule has 5 rings (SSSR count). The van der Waals surface area contributed by atoms with E-state index in [1.165, 1.54) is 10.6 Å². The molecule has 1 aliphatic rings. The highest BCUT2D eigenvalue weighted by Crippen LogP contribution is 2.29. The number of furan rings is 1. The van der Waals surface area contributed by atoms with Crippen LogP contribution in [0.1, 0.15) is 0 Å². The number of likely N-dealkylation sites (N-methyl/N-ethyl adjacent to an activating group) is 1. The predicted molar refractivity (Wildman–Crippen MR) is 153 cm³/mol. The fourth-order valence-corrected chi connectivity index (χ4v) is 4.56. The molecule has 0 spiro atoms. The molecule has 0 atom stereocenters. The normalized spacial score (nSPS) is 14.1. The van der Waals surface area contributed by atoms with Gasteiger partial charge in [-0.05, 0) is 26.2 Å². The van der Waals surface area contributed by atoms with Crippen molar-refractivity contribution >= 4 is 29.1 Å². The number of nitrogen functional groups attached to an aromatic ring is 1. The predicted octanol–water partition coefficient (Wildman–Crippen LogP) is 1.54. The lowest BCUT2D eigenvalue weighted by Gasteiger charge is -2.36. The van der Waals surface area contributed by atoms with Crippen LogP contribution in [0.25, 0.3) is 17.1 Å². The Morgan fingerprint density at radius 2 is 1.93 bits per heavy atom. The van der Waals surface area contributed by atoms with Gasteiger partial charge in [-0.2, -0.15) is 19.6 Å². The number of carbonyl (C=O) groups excluding carboxylic acids is 1. The van der Waals surface area contributed by atoms with Crippen LogP contribution in [0, 0.1) is 11.6 Å². The van der Waals surface area contributed by atoms with Gasteiger partial charge in [-0.1, -0.05) is 0 Å². The highest BCUT2D eigenvalue weighted by atomic mass is 19.1. The molecule has 1 saturated heterocycles. The fraction of sp³-hybridized carbons (Fsp3) is 0.407. The fourth-order valence-electron chi connectivity index (χ4n) is 4.56. The van der Waals surface area contributed by atoms with Crippen molar-refractivity contribution in [3.05, 3.63) is 48.2 Å². The standard InChI is InChI=1S/C27H34F2N10O3/c1-36(2)7-5-31-25(40)17-42-23-16-21(18(28)14-19(23)29)38-11-9-37(10-12-38)8-6-32-27-33-24-15-20(22-4-3-13-41-22)35-39(24)26(30)34-27/h3-4,13-16H,5-12,17H2,1-2H3,(H,31,40)(H3,30,32,33,34). The molecule has 0 aliphatic carbocycles. The van der Waals surface area contributed by atoms with Crippen molar-refractivity contribution < 1.29 is 22.7 Å². The quantitative estimate of drug-likeness (QED) is 0.223. The van der Waals surface area contributed by atoms with Crippen LogP contribution in [-0.2, 0) is 4.79 Å². The smallest absolute Gasteiger partial charge is 0.257 e. The Morgan fingerprint density at radius 3 is 2.67 bits per heavy atom. The Labute approximate surface area is 241 Å². The average Bonchev–Trinajstić information content (AvgIpc) is 3.64. The molecule has 224 valence electrons. The number of piperazine rings is 1. The Balaban J connectivity index is 1.11. The number of aromatic nitrogens is 4. The number of nitrogens with two attached hydrogens (primary N) is 1. The summed E-state index contributed by atoms with van der Waals surface area (Å²) in [7, 11) is 3.78. The van der Waals surface area contributed by atoms with Gasteiger partial charge in [0.25, 0.3) is 5.91 Å². The molecule has 4 heterocycles. The number of anilines is 3. The lowest BCUT2D eigenvalue weighted by Crippen LogP contribution is -2.48. The Morgan fingerprint density at radius 1 is 1.12 bits per heavy atom. The topological polar surface area (TPSA) is 142 Å². The van der Waals surface area contributed by atoms with Crippen molar-refractivity contribution in [2.45, 2.75) is 0 Å². The maximum atomic E-state index is 14.7. The zero-order chi connectivity index (χ0) is 29.6. The van der Waals surface area contributed by atoms with Crippen molar-refractivity contribution in [2.24, 2.45) is 0 Å². The van der Waals surface area contributed by atoms with Gasteiger partial charge in [0.05, 0.1) is 12.0 Å². The molecular formula is C27H34F2N10O3. The summed E-state index contributed by atoms with van der Waals surface area (Å²) >= 11 is 0. The molecule has 3 aromatic heterocycles. The van der Waals surface area contributed by atoms with Crippen molar-refractivity contribution in [3.8, 4) is 17.2 Å². The number of amides is 1. The summed E-state index contributed by atoms with van der Waals surface area (Å²) in [6.07, 6.45) is 1.57. The summed E-state index contributed by atoms with van der Waals surface area (Å²) in [5, 5.41) is 10.3. The third-order valence-corrected chi connectivity index (χ3v) is 6.79. The molecule has 0 bridgehead atoms. The van der Waals surface area contributed by atoms with Crippen LogP contribution in [0.5, 0.6) is 5.75 Å². The van der Waals surface area contributed by atoms with Crippen LogP contribution in [0.15, 0.2) is 41.0 Å². The van der Waals surface area contributed by atoms with Gasteiger partial charge in [-0.15, -0.1) is 0 Å². The molecule has 1 aromatic carbocycles. The van der Waals surface area contributed by atoms with Gasteiger partial charge in [0.1, 0.15) is 11.5 Å². The number of nitrogens with zero attached hydrogens (tertiary/aromatic N) is 7. The van der Waals surface area contributed by atoms with E-state index in [0.29, 0.717) is 75.4 Å². The minimum Gasteiger partial charge on any atom is -0.481 e. The zero-order valence-electron chi connectivity index (χ0n) is 23.5. The first-order chi connectivity index (χ1) is 20.3. The minimum atomic E-state index is -0.851. The molecule has 15 heteroatoms. The molecule has 1 fully saturated rings. The largest absolute Gasteiger partial charge is 0.481 e. The Hall–Kier alpha value is -4.50. The van der Waals surface area contributed by atoms with E-state index >= 15 is 0 Å². The van der Waals surface area contributed by atoms with E-state index in [0.717, 1.165) is 6.07 Å². The number of rotatable bonds is 12. The van der Waals surface area contributed by atoms with E-state index in [2.05, 4.69) is 30.6 Å². The Kier molecular flexibility index (Phi) is 8.97. The summed E-state index contributed by atoms with van der Waals surface area (Å²) in [5.41, 5.74) is 7.47. The van der Waals surface area contributed by atoms with Gasteiger partial charge in [0, 0.05) is 70.6 Å². The van der Waals surface area contributed by atoms with E-state index in [4.69, 9.17) is 14.9 Å². The maximum Gasteiger partial charge on any atom is 0.257 e. The first-order valence-electron chi connectivity index (χ1n) is 13.6. The molecule has 4 aromatic rings. The maximum absolute atomic E-state index is 14.7. The van der Waals surface area contributed by atoms with Crippen LogP contribution >= 0.6 is 0 Å². The van der Waals surface area contributed by atoms with Gasteiger partial charge in [-0.25, -0.2) is 8.78 Å². The van der Waals surface area contributed by atoms with E-state index in [-0.39, 0.29) is 29.9 Å². The number of halogens is 2. The van der Waals surface area contributed by atoms with Crippen molar-refractivity contribution in [1.29, 1.82) is 0 Å². The Bertz CT molecular complexity index is 1500. The highest BCUT2D eigenvalue weighted by molar-refractivity contribution is 5.77. The lowest BCUT2D eigenvalue weighted by molar-refractivity contribution is -0.123. The van der Waals surface area contributed by atoms with Crippen LogP contribution in [0.3, 0.4) is 0 Å². The molecular weight excluding hydrogens is 550 g/mol. The number of ether oxygens (including phenoxy) is 1. The molecule has 1 aliphatic heterocycles. The van der Waals surface area contributed by atoms with Crippen molar-refractivity contribution in [1.82, 2.24) is 34.7 Å². The van der Waals surface area contributed by atoms with E-state index in [1.807, 2.05) is 23.9 Å². The summed E-state index contributed by atoms with van der Waals surface area (Å²) in [6.45, 7) is 4.42. The second kappa shape index (κ2) is 13.0. The molecule has 13 nitrogen and oxygen atoms in total. The molecule has 0 unspecified atom stereocenters. The third kappa shape index (κ3) is 7.03. The second-order valence-corrected chi connectivity index (χ2v) is 10.1. The van der Waals surface area contributed by atoms with Crippen LogP contribution in [-0.4, -0.2) is 108 Å². The number of fused-ring (bicyclic) bond motifs is 1. The third-order valence-electron chi connectivity index (χ3n) is 6.79. The number of benzene rings is 1. The van der Waals surface area contributed by atoms with Gasteiger partial charge >= 0.3 is 0 Å². The molecule has 0 radical (unpaired) electrons. The van der Waals surface area contributed by atoms with Gasteiger partial charge in [0.2, 0.25) is 11.9 Å². The van der Waals surface area contributed by atoms with Crippen LogP contribution in [0.2, 0.25) is 0 Å². The molecule has 1 amide bonds. The minimum absolute atomic E-state index is 0.161. The summed E-state index contributed by atoms with van der Waals surface area (Å²) < 4.78 is 41.3. The van der Waals surface area contributed by atoms with Crippen molar-refractivity contribution in [2.75, 3.05) is 89.0 Å². The lowest BCUT2D eigenvalue weighted by atomic mass is 10.2. The summed E-state index contributed by atoms with van der Waals surface area (Å²) in [4.78, 5) is 26.8. The number of nitrogens with one attached hydrogen (secondary N) is 2. The highest BCUT2D eigenvalue weighted by Gasteiger charge is 2.22. The zero-order valence-corrected chi connectivity index (χ0v) is 23.5. The number of carbonyl (C=O) groups is 1. The first-order valence-corrected chi connectivity index (χ1v) is 13.6. The van der Waals surface area contributed by atoms with Gasteiger partial charge in [-0.3, -0.25) is 9.69 Å². The van der Waals surface area contributed by atoms with E-state index in [1.54, 1.807) is 24.5 Å². The molecule has 0 saturated carbocycles. The first kappa shape index (κ1) is 29.0. The molecule has 4 N–H and O–H groups in total. The van der Waals surface area contributed by atoms with Crippen LogP contribution in [0.4, 0.5) is 26.4 Å². The monoisotopic (exact) mass is 584 g/mol. The number of hydrogen-bond acceptors (Lipinski definition) is 11. The van der Waals surface area contributed by atoms with Gasteiger partial charge in [0.15, 0.2) is 29.6 Å². The average molecular weight is 585 g/mol. The second-order valence-electron chi connectivity index (χ2n) is 10.1. The molecule has 42 heavy (non-hydrogen) atoms. The van der Waals surface area contributed by atoms with Crippen molar-refractivity contribution in [3.63, 3.8) is 0 Å². The summed E-state index contributed by atoms with van der Waals surface area (Å²) in [6, 6.07) is 7.47. The van der Waals surface area contributed by atoms with E-state index in [9.17, 15) is 13.6 Å². The van der Waals surface area contributed by atoms with Crippen LogP contribution < -0.4 is 26.0 Å². The van der Waals surface area contributed by atoms with E-state index < -0.39 is 11.6 Å². The van der Waals surface area contributed by atoms with Gasteiger partial charge < -0.3 is 35.3 Å².